The molecule has 0 saturated carbocycles. The Labute approximate surface area is 275 Å². The van der Waals surface area contributed by atoms with E-state index in [1.54, 1.807) is 0 Å². The van der Waals surface area contributed by atoms with Crippen LogP contribution in [0.15, 0.2) is 24.3 Å². The van der Waals surface area contributed by atoms with E-state index in [1.807, 2.05) is 21.1 Å². The monoisotopic (exact) mass is 660 g/mol. The van der Waals surface area contributed by atoms with Gasteiger partial charge in [0.25, 0.3) is 0 Å². The first kappa shape index (κ1) is 43.5. The molecule has 0 saturated heterocycles. The quantitative estimate of drug-likeness (QED) is 0.0258. The van der Waals surface area contributed by atoms with Crippen molar-refractivity contribution in [2.45, 2.75) is 142 Å². The molecule has 0 bridgehead atoms. The fourth-order valence-corrected chi connectivity index (χ4v) is 5.12. The van der Waals surface area contributed by atoms with Crippen LogP contribution in [0.4, 0.5) is 0 Å². The number of nitrogens with zero attached hydrogens (tertiary/aromatic N) is 1. The van der Waals surface area contributed by atoms with Gasteiger partial charge in [-0.3, -0.25) is 18.6 Å². The second-order valence-corrected chi connectivity index (χ2v) is 14.4. The summed E-state index contributed by atoms with van der Waals surface area (Å²) >= 11 is 0. The van der Waals surface area contributed by atoms with Crippen LogP contribution in [0.2, 0.25) is 0 Å². The van der Waals surface area contributed by atoms with Crippen molar-refractivity contribution in [3.05, 3.63) is 24.3 Å². The maximum atomic E-state index is 12.5. The number of hydrogen-bond donors (Lipinski definition) is 1. The number of esters is 2. The Kier molecular flexibility index (Phi) is 27.7. The number of phosphoric ester groups is 1. The fourth-order valence-electron chi connectivity index (χ4n) is 4.38. The van der Waals surface area contributed by atoms with E-state index in [2.05, 4.69) is 38.2 Å². The highest BCUT2D eigenvalue weighted by Gasteiger charge is 2.27. The topological polar surface area (TPSA) is 108 Å². The highest BCUT2D eigenvalue weighted by atomic mass is 31.2. The molecule has 0 aliphatic rings. The summed E-state index contributed by atoms with van der Waals surface area (Å²) in [7, 11) is 1.46. The number of unbranched alkanes of at least 4 members (excludes halogenated alkanes) is 13. The van der Waals surface area contributed by atoms with E-state index in [9.17, 15) is 19.0 Å². The second kappa shape index (κ2) is 28.7. The van der Waals surface area contributed by atoms with Crippen molar-refractivity contribution in [3.8, 4) is 0 Å². The summed E-state index contributed by atoms with van der Waals surface area (Å²) in [6, 6.07) is 0. The van der Waals surface area contributed by atoms with E-state index in [0.29, 0.717) is 17.4 Å². The van der Waals surface area contributed by atoms with Crippen molar-refractivity contribution in [2.24, 2.45) is 0 Å². The largest absolute Gasteiger partial charge is 0.472 e. The standard InChI is InChI=1S/C35H66NO8P/c1-6-8-10-12-14-15-16-17-18-19-20-22-23-25-27-34(37)41-31-33(32-43-45(39,40)42-30-29-36(3,4)5)44-35(38)28-26-24-21-13-11-9-7-2/h12,14,16-17,33H,6-11,13,15,18-32H2,1-5H3/p+1/b14-12+,17-16+/t33-/m0/s1. The highest BCUT2D eigenvalue weighted by molar-refractivity contribution is 7.47. The minimum atomic E-state index is -4.36. The van der Waals surface area contributed by atoms with Crippen molar-refractivity contribution in [1.82, 2.24) is 0 Å². The Morgan fingerprint density at radius 3 is 1.82 bits per heavy atom. The molecule has 0 radical (unpaired) electrons. The smallest absolute Gasteiger partial charge is 0.462 e. The first-order valence-corrected chi connectivity index (χ1v) is 19.1. The predicted molar refractivity (Wildman–Crippen MR) is 183 cm³/mol. The van der Waals surface area contributed by atoms with E-state index >= 15 is 0 Å². The zero-order chi connectivity index (χ0) is 33.7. The van der Waals surface area contributed by atoms with Crippen LogP contribution in [0.3, 0.4) is 0 Å². The number of carbonyl (C=O) groups is 2. The van der Waals surface area contributed by atoms with Crippen molar-refractivity contribution >= 4 is 19.8 Å². The second-order valence-electron chi connectivity index (χ2n) is 12.9. The molecule has 0 heterocycles. The molecule has 264 valence electrons. The van der Waals surface area contributed by atoms with Crippen LogP contribution in [0.25, 0.3) is 0 Å². The van der Waals surface area contributed by atoms with Crippen LogP contribution in [-0.4, -0.2) is 74.9 Å². The molecule has 0 aromatic carbocycles. The maximum Gasteiger partial charge on any atom is 0.472 e. The molecule has 1 unspecified atom stereocenters. The first-order chi connectivity index (χ1) is 21.5. The fraction of sp³-hybridized carbons (Fsp3) is 0.829. The number of rotatable bonds is 31. The molecular formula is C35H67NO8P+. The van der Waals surface area contributed by atoms with E-state index < -0.39 is 26.5 Å². The van der Waals surface area contributed by atoms with Crippen LogP contribution in [0.5, 0.6) is 0 Å². The predicted octanol–water partition coefficient (Wildman–Crippen LogP) is 8.85. The van der Waals surface area contributed by atoms with E-state index in [4.69, 9.17) is 18.5 Å². The SMILES string of the molecule is CCCC/C=C/C/C=C/CCCCCCCC(=O)OC[C@@H](COP(=O)(O)OCC[N+](C)(C)C)OC(=O)CCCCCCCCC. The zero-order valence-corrected chi connectivity index (χ0v) is 30.2. The summed E-state index contributed by atoms with van der Waals surface area (Å²) in [6.45, 7) is 4.28. The Balaban J connectivity index is 4.44. The van der Waals surface area contributed by atoms with Crippen molar-refractivity contribution in [2.75, 3.05) is 47.5 Å². The Morgan fingerprint density at radius 2 is 1.22 bits per heavy atom. The van der Waals surface area contributed by atoms with E-state index in [-0.39, 0.29) is 32.0 Å². The highest BCUT2D eigenvalue weighted by Crippen LogP contribution is 2.43. The molecule has 0 aromatic rings. The molecule has 9 nitrogen and oxygen atoms in total. The summed E-state index contributed by atoms with van der Waals surface area (Å²) < 4.78 is 33.9. The maximum absolute atomic E-state index is 12.5. The summed E-state index contributed by atoms with van der Waals surface area (Å²) in [6.07, 6.45) is 26.7. The number of quaternary nitrogens is 1. The van der Waals surface area contributed by atoms with E-state index in [0.717, 1.165) is 64.2 Å². The Hall–Kier alpha value is -1.51. The van der Waals surface area contributed by atoms with Gasteiger partial charge in [0.1, 0.15) is 19.8 Å². The molecule has 0 amide bonds. The van der Waals surface area contributed by atoms with E-state index in [1.165, 1.54) is 38.5 Å². The molecule has 0 aliphatic heterocycles. The molecule has 10 heteroatoms. The van der Waals surface area contributed by atoms with Crippen LogP contribution in [0.1, 0.15) is 136 Å². The number of phosphoric acid groups is 1. The zero-order valence-electron chi connectivity index (χ0n) is 29.3. The lowest BCUT2D eigenvalue weighted by Crippen LogP contribution is -2.37. The average molecular weight is 661 g/mol. The van der Waals surface area contributed by atoms with Gasteiger partial charge < -0.3 is 18.9 Å². The number of allylic oxidation sites excluding steroid dienone is 4. The van der Waals surface area contributed by atoms with Gasteiger partial charge in [-0.2, -0.15) is 0 Å². The Bertz CT molecular complexity index is 840. The summed E-state index contributed by atoms with van der Waals surface area (Å²) in [5.41, 5.74) is 0. The third kappa shape index (κ3) is 32.2. The molecule has 0 aliphatic carbocycles. The van der Waals surface area contributed by atoms with Crippen LogP contribution in [-0.2, 0) is 32.7 Å². The molecule has 0 fully saturated rings. The van der Waals surface area contributed by atoms with Gasteiger partial charge in [0.15, 0.2) is 6.10 Å². The summed E-state index contributed by atoms with van der Waals surface area (Å²) in [5, 5.41) is 0. The minimum absolute atomic E-state index is 0.0302. The van der Waals surface area contributed by atoms with Crippen molar-refractivity contribution in [3.63, 3.8) is 0 Å². The van der Waals surface area contributed by atoms with Gasteiger partial charge in [-0.05, 0) is 38.5 Å². The lowest BCUT2D eigenvalue weighted by molar-refractivity contribution is -0.870. The van der Waals surface area contributed by atoms with Crippen LogP contribution >= 0.6 is 7.82 Å². The van der Waals surface area contributed by atoms with Gasteiger partial charge in [-0.1, -0.05) is 109 Å². The molecule has 0 aromatic heterocycles. The molecular weight excluding hydrogens is 593 g/mol. The van der Waals surface area contributed by atoms with Gasteiger partial charge in [0, 0.05) is 12.8 Å². The lowest BCUT2D eigenvalue weighted by Gasteiger charge is -2.24. The molecule has 45 heavy (non-hydrogen) atoms. The Morgan fingerprint density at radius 1 is 0.689 bits per heavy atom. The molecule has 2 atom stereocenters. The molecule has 1 N–H and O–H groups in total. The summed E-state index contributed by atoms with van der Waals surface area (Å²) in [4.78, 5) is 34.9. The normalized spacial score (nSPS) is 14.2. The third-order valence-electron chi connectivity index (χ3n) is 7.23. The average Bonchev–Trinajstić information content (AvgIpc) is 2.97. The molecule has 0 rings (SSSR count). The number of carbonyl (C=O) groups excluding carboxylic acids is 2. The lowest BCUT2D eigenvalue weighted by atomic mass is 10.1. The van der Waals surface area contributed by atoms with Crippen LogP contribution in [0, 0.1) is 0 Å². The summed E-state index contributed by atoms with van der Waals surface area (Å²) in [5.74, 6) is -0.824. The van der Waals surface area contributed by atoms with Gasteiger partial charge in [0.05, 0.1) is 27.7 Å². The third-order valence-corrected chi connectivity index (χ3v) is 8.22. The molecule has 0 spiro atoms. The number of ether oxygens (including phenoxy) is 2. The van der Waals surface area contributed by atoms with Gasteiger partial charge in [-0.25, -0.2) is 4.57 Å². The number of hydrogen-bond acceptors (Lipinski definition) is 7. The van der Waals surface area contributed by atoms with Crippen LogP contribution < -0.4 is 0 Å². The van der Waals surface area contributed by atoms with Crippen molar-refractivity contribution in [1.29, 1.82) is 0 Å². The number of likely N-dealkylation sites (N-methyl/N-ethyl adjacent to an activating group) is 1. The minimum Gasteiger partial charge on any atom is -0.462 e. The van der Waals surface area contributed by atoms with Gasteiger partial charge >= 0.3 is 19.8 Å². The first-order valence-electron chi connectivity index (χ1n) is 17.6. The van der Waals surface area contributed by atoms with Gasteiger partial charge in [0.2, 0.25) is 0 Å². The van der Waals surface area contributed by atoms with Gasteiger partial charge in [-0.15, -0.1) is 0 Å². The van der Waals surface area contributed by atoms with Crippen molar-refractivity contribution < 1.29 is 42.1 Å².